The largest absolute Gasteiger partial charge is 0.454 e. The van der Waals surface area contributed by atoms with E-state index in [0.29, 0.717) is 0 Å². The summed E-state index contributed by atoms with van der Waals surface area (Å²) in [6.45, 7) is 6.08. The standard InChI is InChI=1S/C17H23NO5/c1-11(19)22-15(14(20)16(21)23-17(2,3)4)13(18)10-12-8-6-5-7-9-12/h5-9,13,15H,10,18H2,1-4H3. The van der Waals surface area contributed by atoms with Crippen molar-refractivity contribution in [3.63, 3.8) is 0 Å². The molecule has 0 fully saturated rings. The summed E-state index contributed by atoms with van der Waals surface area (Å²) in [6.07, 6.45) is -1.09. The molecule has 23 heavy (non-hydrogen) atoms. The molecule has 0 amide bonds. The van der Waals surface area contributed by atoms with Crippen molar-refractivity contribution in [1.29, 1.82) is 0 Å². The van der Waals surface area contributed by atoms with E-state index in [-0.39, 0.29) is 6.42 Å². The predicted octanol–water partition coefficient (Wildman–Crippen LogP) is 1.40. The quantitative estimate of drug-likeness (QED) is 0.628. The molecule has 1 aromatic rings. The zero-order valence-corrected chi connectivity index (χ0v) is 13.9. The minimum Gasteiger partial charge on any atom is -0.454 e. The lowest BCUT2D eigenvalue weighted by atomic mass is 9.99. The van der Waals surface area contributed by atoms with Crippen LogP contribution in [-0.2, 0) is 30.3 Å². The monoisotopic (exact) mass is 321 g/mol. The normalized spacial score (nSPS) is 13.8. The molecule has 0 saturated heterocycles. The van der Waals surface area contributed by atoms with Gasteiger partial charge < -0.3 is 15.2 Å². The highest BCUT2D eigenvalue weighted by atomic mass is 16.6. The van der Waals surface area contributed by atoms with Crippen LogP contribution in [0.25, 0.3) is 0 Å². The van der Waals surface area contributed by atoms with Gasteiger partial charge in [0, 0.05) is 6.92 Å². The van der Waals surface area contributed by atoms with Crippen molar-refractivity contribution in [1.82, 2.24) is 0 Å². The maximum absolute atomic E-state index is 12.3. The molecular weight excluding hydrogens is 298 g/mol. The number of benzene rings is 1. The molecule has 2 N–H and O–H groups in total. The van der Waals surface area contributed by atoms with Crippen molar-refractivity contribution in [2.24, 2.45) is 5.73 Å². The highest BCUT2D eigenvalue weighted by Gasteiger charge is 2.36. The Kier molecular flexibility index (Phi) is 6.45. The van der Waals surface area contributed by atoms with Crippen LogP contribution in [0.5, 0.6) is 0 Å². The molecule has 1 rings (SSSR count). The van der Waals surface area contributed by atoms with Crippen molar-refractivity contribution in [2.45, 2.75) is 51.9 Å². The van der Waals surface area contributed by atoms with Crippen molar-refractivity contribution >= 4 is 17.7 Å². The van der Waals surface area contributed by atoms with Gasteiger partial charge in [-0.05, 0) is 32.8 Å². The molecule has 0 heterocycles. The molecular formula is C17H23NO5. The third-order valence-corrected chi connectivity index (χ3v) is 2.85. The minimum atomic E-state index is -1.37. The molecule has 2 atom stereocenters. The van der Waals surface area contributed by atoms with Crippen LogP contribution in [0.3, 0.4) is 0 Å². The van der Waals surface area contributed by atoms with E-state index in [1.165, 1.54) is 0 Å². The Labute approximate surface area is 135 Å². The summed E-state index contributed by atoms with van der Waals surface area (Å²) in [6, 6.07) is 8.34. The smallest absolute Gasteiger partial charge is 0.379 e. The van der Waals surface area contributed by atoms with Gasteiger partial charge in [0.1, 0.15) is 5.60 Å². The zero-order valence-electron chi connectivity index (χ0n) is 13.9. The summed E-state index contributed by atoms with van der Waals surface area (Å²) in [4.78, 5) is 35.4. The van der Waals surface area contributed by atoms with Gasteiger partial charge >= 0.3 is 11.9 Å². The Morgan fingerprint density at radius 3 is 2.17 bits per heavy atom. The first kappa shape index (κ1) is 18.8. The second-order valence-corrected chi connectivity index (χ2v) is 6.25. The number of carbonyl (C=O) groups excluding carboxylic acids is 3. The number of ether oxygens (including phenoxy) is 2. The summed E-state index contributed by atoms with van der Waals surface area (Å²) in [5.41, 5.74) is 6.04. The van der Waals surface area contributed by atoms with Crippen molar-refractivity contribution in [2.75, 3.05) is 0 Å². The molecule has 0 spiro atoms. The van der Waals surface area contributed by atoms with Crippen LogP contribution in [-0.4, -0.2) is 35.5 Å². The van der Waals surface area contributed by atoms with Crippen LogP contribution < -0.4 is 5.73 Å². The number of ketones is 1. The van der Waals surface area contributed by atoms with Crippen LogP contribution in [0.1, 0.15) is 33.3 Å². The van der Waals surface area contributed by atoms with E-state index in [1.807, 2.05) is 30.3 Å². The fourth-order valence-electron chi connectivity index (χ4n) is 1.95. The molecule has 0 aliphatic heterocycles. The first-order chi connectivity index (χ1) is 10.6. The second kappa shape index (κ2) is 7.87. The van der Waals surface area contributed by atoms with Crippen molar-refractivity contribution in [3.05, 3.63) is 35.9 Å². The summed E-state index contributed by atoms with van der Waals surface area (Å²) in [7, 11) is 0. The van der Waals surface area contributed by atoms with Gasteiger partial charge in [0.25, 0.3) is 5.78 Å². The molecule has 0 aliphatic rings. The van der Waals surface area contributed by atoms with Crippen LogP contribution in [0.15, 0.2) is 30.3 Å². The summed E-state index contributed by atoms with van der Waals surface area (Å²) >= 11 is 0. The van der Waals surface area contributed by atoms with Crippen LogP contribution in [0, 0.1) is 0 Å². The summed E-state index contributed by atoms with van der Waals surface area (Å²) in [5, 5.41) is 0. The summed E-state index contributed by atoms with van der Waals surface area (Å²) < 4.78 is 9.99. The van der Waals surface area contributed by atoms with E-state index in [1.54, 1.807) is 20.8 Å². The first-order valence-electron chi connectivity index (χ1n) is 7.34. The first-order valence-corrected chi connectivity index (χ1v) is 7.34. The zero-order chi connectivity index (χ0) is 17.6. The van der Waals surface area contributed by atoms with Crippen LogP contribution in [0.2, 0.25) is 0 Å². The van der Waals surface area contributed by atoms with Crippen molar-refractivity contribution in [3.8, 4) is 0 Å². The number of rotatable bonds is 6. The van der Waals surface area contributed by atoms with Gasteiger partial charge in [-0.2, -0.15) is 0 Å². The average molecular weight is 321 g/mol. The number of esters is 2. The van der Waals surface area contributed by atoms with Gasteiger partial charge in [-0.15, -0.1) is 0 Å². The lowest BCUT2D eigenvalue weighted by Gasteiger charge is -2.24. The van der Waals surface area contributed by atoms with Gasteiger partial charge in [0.05, 0.1) is 6.04 Å². The minimum absolute atomic E-state index is 0.285. The lowest BCUT2D eigenvalue weighted by Crippen LogP contribution is -2.48. The highest BCUT2D eigenvalue weighted by molar-refractivity contribution is 6.35. The molecule has 6 heteroatoms. The molecule has 0 saturated carbocycles. The molecule has 126 valence electrons. The number of Topliss-reactive ketones (excluding diaryl/α,β-unsaturated/α-hetero) is 1. The average Bonchev–Trinajstić information content (AvgIpc) is 2.43. The number of hydrogen-bond acceptors (Lipinski definition) is 6. The second-order valence-electron chi connectivity index (χ2n) is 6.25. The molecule has 1 aromatic carbocycles. The molecule has 2 unspecified atom stereocenters. The van der Waals surface area contributed by atoms with E-state index in [9.17, 15) is 14.4 Å². The number of carbonyl (C=O) groups is 3. The highest BCUT2D eigenvalue weighted by Crippen LogP contribution is 2.12. The SMILES string of the molecule is CC(=O)OC(C(=O)C(=O)OC(C)(C)C)C(N)Cc1ccccc1. The maximum Gasteiger partial charge on any atom is 0.379 e. The van der Waals surface area contributed by atoms with Crippen LogP contribution in [0.4, 0.5) is 0 Å². The fraction of sp³-hybridized carbons (Fsp3) is 0.471. The molecule has 0 aliphatic carbocycles. The van der Waals surface area contributed by atoms with E-state index in [4.69, 9.17) is 15.2 Å². The van der Waals surface area contributed by atoms with Gasteiger partial charge in [0.2, 0.25) is 0 Å². The van der Waals surface area contributed by atoms with Gasteiger partial charge in [-0.3, -0.25) is 9.59 Å². The van der Waals surface area contributed by atoms with E-state index in [2.05, 4.69) is 0 Å². The maximum atomic E-state index is 12.3. The molecule has 0 radical (unpaired) electrons. The lowest BCUT2D eigenvalue weighted by molar-refractivity contribution is -0.170. The van der Waals surface area contributed by atoms with E-state index >= 15 is 0 Å². The van der Waals surface area contributed by atoms with E-state index < -0.39 is 35.5 Å². The molecule has 0 bridgehead atoms. The Morgan fingerprint density at radius 2 is 1.70 bits per heavy atom. The van der Waals surface area contributed by atoms with E-state index in [0.717, 1.165) is 12.5 Å². The predicted molar refractivity (Wildman–Crippen MR) is 84.5 cm³/mol. The topological polar surface area (TPSA) is 95.7 Å². The number of hydrogen-bond donors (Lipinski definition) is 1. The molecule has 6 nitrogen and oxygen atoms in total. The Hall–Kier alpha value is -2.21. The van der Waals surface area contributed by atoms with Gasteiger partial charge in [-0.1, -0.05) is 30.3 Å². The third kappa shape index (κ3) is 6.61. The fourth-order valence-corrected chi connectivity index (χ4v) is 1.95. The molecule has 0 aromatic heterocycles. The number of nitrogens with two attached hydrogens (primary N) is 1. The third-order valence-electron chi connectivity index (χ3n) is 2.85. The Morgan fingerprint density at radius 1 is 1.13 bits per heavy atom. The summed E-state index contributed by atoms with van der Waals surface area (Å²) in [5.74, 6) is -2.71. The van der Waals surface area contributed by atoms with Gasteiger partial charge in [0.15, 0.2) is 6.10 Å². The van der Waals surface area contributed by atoms with Gasteiger partial charge in [-0.25, -0.2) is 4.79 Å². The van der Waals surface area contributed by atoms with Crippen molar-refractivity contribution < 1.29 is 23.9 Å². The Balaban J connectivity index is 2.88. The Bertz CT molecular complexity index is 562. The van der Waals surface area contributed by atoms with Crippen LogP contribution >= 0.6 is 0 Å².